The SMILES string of the molecule is CCOC(=O)NC(CNC(=O)C1CC1c1ccc(Cl)c(Cl)c1)CC(C)C. The van der Waals surface area contributed by atoms with Crippen molar-refractivity contribution in [3.8, 4) is 0 Å². The van der Waals surface area contributed by atoms with Crippen molar-refractivity contribution < 1.29 is 14.3 Å². The zero-order chi connectivity index (χ0) is 19.3. The van der Waals surface area contributed by atoms with E-state index in [0.29, 0.717) is 29.1 Å². The van der Waals surface area contributed by atoms with Crippen molar-refractivity contribution in [1.82, 2.24) is 10.6 Å². The van der Waals surface area contributed by atoms with E-state index in [1.54, 1.807) is 13.0 Å². The van der Waals surface area contributed by atoms with Gasteiger partial charge in [-0.15, -0.1) is 0 Å². The molecule has 0 aliphatic heterocycles. The smallest absolute Gasteiger partial charge is 0.407 e. The molecule has 144 valence electrons. The van der Waals surface area contributed by atoms with Crippen LogP contribution in [0.15, 0.2) is 18.2 Å². The van der Waals surface area contributed by atoms with Crippen LogP contribution in [0.2, 0.25) is 10.0 Å². The zero-order valence-electron chi connectivity index (χ0n) is 15.4. The van der Waals surface area contributed by atoms with Gasteiger partial charge in [-0.25, -0.2) is 4.79 Å². The van der Waals surface area contributed by atoms with Gasteiger partial charge >= 0.3 is 6.09 Å². The van der Waals surface area contributed by atoms with Gasteiger partial charge in [-0.1, -0.05) is 43.1 Å². The lowest BCUT2D eigenvalue weighted by atomic mass is 10.0. The molecule has 5 nitrogen and oxygen atoms in total. The van der Waals surface area contributed by atoms with Crippen LogP contribution in [0.1, 0.15) is 45.1 Å². The molecule has 0 saturated heterocycles. The van der Waals surface area contributed by atoms with Gasteiger partial charge in [-0.05, 0) is 49.3 Å². The highest BCUT2D eigenvalue weighted by Crippen LogP contribution is 2.48. The lowest BCUT2D eigenvalue weighted by molar-refractivity contribution is -0.122. The highest BCUT2D eigenvalue weighted by atomic mass is 35.5. The molecular formula is C19H26Cl2N2O3. The Labute approximate surface area is 164 Å². The third kappa shape index (κ3) is 6.06. The van der Waals surface area contributed by atoms with Crippen LogP contribution < -0.4 is 10.6 Å². The van der Waals surface area contributed by atoms with Crippen LogP contribution in [-0.4, -0.2) is 31.2 Å². The Bertz CT molecular complexity index is 652. The van der Waals surface area contributed by atoms with E-state index in [9.17, 15) is 9.59 Å². The number of carbonyl (C=O) groups is 2. The fourth-order valence-electron chi connectivity index (χ4n) is 3.05. The lowest BCUT2D eigenvalue weighted by Gasteiger charge is -2.20. The van der Waals surface area contributed by atoms with Gasteiger partial charge in [0.05, 0.1) is 16.7 Å². The Kier molecular flexibility index (Phi) is 7.59. The molecular weight excluding hydrogens is 375 g/mol. The molecule has 1 aromatic rings. The Morgan fingerprint density at radius 1 is 1.27 bits per heavy atom. The van der Waals surface area contributed by atoms with Crippen molar-refractivity contribution in [2.24, 2.45) is 11.8 Å². The second-order valence-corrected chi connectivity index (χ2v) is 7.87. The van der Waals surface area contributed by atoms with Crippen LogP contribution >= 0.6 is 23.2 Å². The lowest BCUT2D eigenvalue weighted by Crippen LogP contribution is -2.45. The summed E-state index contributed by atoms with van der Waals surface area (Å²) in [6, 6.07) is 5.34. The topological polar surface area (TPSA) is 67.4 Å². The normalized spacial score (nSPS) is 19.8. The maximum Gasteiger partial charge on any atom is 0.407 e. The van der Waals surface area contributed by atoms with E-state index in [-0.39, 0.29) is 23.8 Å². The van der Waals surface area contributed by atoms with Crippen LogP contribution in [-0.2, 0) is 9.53 Å². The number of halogens is 2. The van der Waals surface area contributed by atoms with E-state index in [4.69, 9.17) is 27.9 Å². The monoisotopic (exact) mass is 400 g/mol. The van der Waals surface area contributed by atoms with Crippen molar-refractivity contribution in [3.05, 3.63) is 33.8 Å². The molecule has 0 bridgehead atoms. The van der Waals surface area contributed by atoms with Crippen LogP contribution in [0.25, 0.3) is 0 Å². The Morgan fingerprint density at radius 3 is 2.62 bits per heavy atom. The predicted molar refractivity (Wildman–Crippen MR) is 104 cm³/mol. The second-order valence-electron chi connectivity index (χ2n) is 7.06. The molecule has 1 saturated carbocycles. The molecule has 0 spiro atoms. The summed E-state index contributed by atoms with van der Waals surface area (Å²) in [6.45, 7) is 6.61. The molecule has 3 atom stereocenters. The fourth-order valence-corrected chi connectivity index (χ4v) is 3.36. The highest BCUT2D eigenvalue weighted by molar-refractivity contribution is 6.42. The Hall–Kier alpha value is -1.46. The van der Waals surface area contributed by atoms with E-state index in [0.717, 1.165) is 18.4 Å². The molecule has 0 heterocycles. The molecule has 0 radical (unpaired) electrons. The van der Waals surface area contributed by atoms with E-state index < -0.39 is 6.09 Å². The number of rotatable bonds is 8. The van der Waals surface area contributed by atoms with Crippen LogP contribution in [0.3, 0.4) is 0 Å². The summed E-state index contributed by atoms with van der Waals surface area (Å²) >= 11 is 12.0. The molecule has 0 aromatic heterocycles. The van der Waals surface area contributed by atoms with E-state index in [2.05, 4.69) is 24.5 Å². The number of ether oxygens (including phenoxy) is 1. The summed E-state index contributed by atoms with van der Waals surface area (Å²) in [5.41, 5.74) is 1.03. The standard InChI is InChI=1S/C19H26Cl2N2O3/c1-4-26-19(25)23-13(7-11(2)3)10-22-18(24)15-9-14(15)12-5-6-16(20)17(21)8-12/h5-6,8,11,13-15H,4,7,9-10H2,1-3H3,(H,22,24)(H,23,25). The molecule has 26 heavy (non-hydrogen) atoms. The largest absolute Gasteiger partial charge is 0.450 e. The first kappa shape index (κ1) is 20.8. The number of alkyl carbamates (subject to hydrolysis) is 1. The van der Waals surface area contributed by atoms with Gasteiger partial charge in [-0.2, -0.15) is 0 Å². The highest BCUT2D eigenvalue weighted by Gasteiger charge is 2.44. The van der Waals surface area contributed by atoms with Gasteiger partial charge in [0, 0.05) is 18.5 Å². The summed E-state index contributed by atoms with van der Waals surface area (Å²) < 4.78 is 4.93. The summed E-state index contributed by atoms with van der Waals surface area (Å²) in [4.78, 5) is 24.1. The van der Waals surface area contributed by atoms with Gasteiger partial charge in [-0.3, -0.25) is 4.79 Å². The first-order valence-electron chi connectivity index (χ1n) is 8.97. The zero-order valence-corrected chi connectivity index (χ0v) is 16.9. The van der Waals surface area contributed by atoms with Crippen molar-refractivity contribution in [2.75, 3.05) is 13.2 Å². The molecule has 1 fully saturated rings. The van der Waals surface area contributed by atoms with Gasteiger partial charge in [0.2, 0.25) is 5.91 Å². The number of amides is 2. The van der Waals surface area contributed by atoms with Gasteiger partial charge in [0.25, 0.3) is 0 Å². The molecule has 3 unspecified atom stereocenters. The minimum atomic E-state index is -0.451. The van der Waals surface area contributed by atoms with Crippen molar-refractivity contribution >= 4 is 35.2 Å². The minimum absolute atomic E-state index is 0.000451. The van der Waals surface area contributed by atoms with Crippen LogP contribution in [0.5, 0.6) is 0 Å². The summed E-state index contributed by atoms with van der Waals surface area (Å²) in [5, 5.41) is 6.79. The summed E-state index contributed by atoms with van der Waals surface area (Å²) in [6.07, 6.45) is 1.11. The van der Waals surface area contributed by atoms with Crippen LogP contribution in [0.4, 0.5) is 4.79 Å². The maximum absolute atomic E-state index is 12.4. The first-order chi connectivity index (χ1) is 12.3. The Morgan fingerprint density at radius 2 is 2.00 bits per heavy atom. The first-order valence-corrected chi connectivity index (χ1v) is 9.73. The van der Waals surface area contributed by atoms with Crippen molar-refractivity contribution in [3.63, 3.8) is 0 Å². The van der Waals surface area contributed by atoms with Gasteiger partial charge in [0.15, 0.2) is 0 Å². The van der Waals surface area contributed by atoms with E-state index in [1.807, 2.05) is 12.1 Å². The van der Waals surface area contributed by atoms with Gasteiger partial charge in [0.1, 0.15) is 0 Å². The fraction of sp³-hybridized carbons (Fsp3) is 0.579. The average molecular weight is 401 g/mol. The number of hydrogen-bond acceptors (Lipinski definition) is 3. The molecule has 1 aliphatic carbocycles. The molecule has 2 amide bonds. The number of benzene rings is 1. The van der Waals surface area contributed by atoms with E-state index in [1.165, 1.54) is 0 Å². The number of nitrogens with one attached hydrogen (secondary N) is 2. The third-order valence-corrected chi connectivity index (χ3v) is 5.11. The third-order valence-electron chi connectivity index (χ3n) is 4.38. The number of hydrogen-bond donors (Lipinski definition) is 2. The minimum Gasteiger partial charge on any atom is -0.450 e. The molecule has 7 heteroatoms. The molecule has 1 aliphatic rings. The van der Waals surface area contributed by atoms with Crippen LogP contribution in [0, 0.1) is 11.8 Å². The predicted octanol–water partition coefficient (Wildman–Crippen LogP) is 4.37. The molecule has 2 N–H and O–H groups in total. The molecule has 1 aromatic carbocycles. The average Bonchev–Trinajstić information content (AvgIpc) is 3.35. The van der Waals surface area contributed by atoms with Crippen molar-refractivity contribution in [1.29, 1.82) is 0 Å². The van der Waals surface area contributed by atoms with Crippen molar-refractivity contribution in [2.45, 2.75) is 45.6 Å². The van der Waals surface area contributed by atoms with Gasteiger partial charge < -0.3 is 15.4 Å². The van der Waals surface area contributed by atoms with E-state index >= 15 is 0 Å². The quantitative estimate of drug-likeness (QED) is 0.680. The number of carbonyl (C=O) groups excluding carboxylic acids is 2. The molecule has 2 rings (SSSR count). The second kappa shape index (κ2) is 9.47. The summed E-state index contributed by atoms with van der Waals surface area (Å²) in [7, 11) is 0. The maximum atomic E-state index is 12.4. The summed E-state index contributed by atoms with van der Waals surface area (Å²) in [5.74, 6) is 0.505. The Balaban J connectivity index is 1.86.